The van der Waals surface area contributed by atoms with Crippen molar-refractivity contribution in [1.82, 2.24) is 9.97 Å². The van der Waals surface area contributed by atoms with Gasteiger partial charge in [0, 0.05) is 17.7 Å². The van der Waals surface area contributed by atoms with Crippen molar-refractivity contribution in [3.8, 4) is 11.3 Å². The van der Waals surface area contributed by atoms with E-state index in [2.05, 4.69) is 22.1 Å². The van der Waals surface area contributed by atoms with Gasteiger partial charge in [-0.25, -0.2) is 4.98 Å². The van der Waals surface area contributed by atoms with Gasteiger partial charge < -0.3 is 10.7 Å². The Labute approximate surface area is 112 Å². The third-order valence-corrected chi connectivity index (χ3v) is 3.07. The van der Waals surface area contributed by atoms with Crippen LogP contribution in [0.1, 0.15) is 11.3 Å². The molecule has 0 aliphatic carbocycles. The molecule has 0 saturated carbocycles. The highest BCUT2D eigenvalue weighted by molar-refractivity contribution is 5.64. The van der Waals surface area contributed by atoms with Gasteiger partial charge >= 0.3 is 0 Å². The summed E-state index contributed by atoms with van der Waals surface area (Å²) in [6.45, 7) is 0. The van der Waals surface area contributed by atoms with Crippen molar-refractivity contribution in [2.75, 3.05) is 5.73 Å². The summed E-state index contributed by atoms with van der Waals surface area (Å²) in [5.74, 6) is 0.463. The van der Waals surface area contributed by atoms with Crippen LogP contribution in [0.4, 0.5) is 5.95 Å². The number of anilines is 1. The first-order valence-corrected chi connectivity index (χ1v) is 6.26. The summed E-state index contributed by atoms with van der Waals surface area (Å²) in [5, 5.41) is 0. The van der Waals surface area contributed by atoms with Crippen molar-refractivity contribution in [3.05, 3.63) is 71.9 Å². The molecule has 0 radical (unpaired) electrons. The minimum absolute atomic E-state index is 0.463. The Balaban J connectivity index is 1.99. The summed E-state index contributed by atoms with van der Waals surface area (Å²) in [4.78, 5) is 7.56. The molecule has 3 heteroatoms. The molecule has 19 heavy (non-hydrogen) atoms. The first-order chi connectivity index (χ1) is 9.33. The SMILES string of the molecule is Nc1nc(-c2ccccc2)c(Cc2ccccc2)[nH]1. The molecule has 0 spiro atoms. The zero-order chi connectivity index (χ0) is 13.1. The largest absolute Gasteiger partial charge is 0.369 e. The van der Waals surface area contributed by atoms with Crippen LogP contribution in [0.2, 0.25) is 0 Å². The molecule has 3 rings (SSSR count). The first kappa shape index (κ1) is 11.5. The number of aromatic amines is 1. The van der Waals surface area contributed by atoms with Gasteiger partial charge in [-0.15, -0.1) is 0 Å². The lowest BCUT2D eigenvalue weighted by Crippen LogP contribution is -1.91. The Morgan fingerprint density at radius 1 is 0.895 bits per heavy atom. The van der Waals surface area contributed by atoms with Gasteiger partial charge in [0.25, 0.3) is 0 Å². The number of benzene rings is 2. The molecule has 0 fully saturated rings. The topological polar surface area (TPSA) is 54.7 Å². The number of H-pyrrole nitrogens is 1. The Morgan fingerprint density at radius 3 is 2.21 bits per heavy atom. The summed E-state index contributed by atoms with van der Waals surface area (Å²) >= 11 is 0. The second-order valence-electron chi connectivity index (χ2n) is 4.48. The highest BCUT2D eigenvalue weighted by Crippen LogP contribution is 2.24. The highest BCUT2D eigenvalue weighted by Gasteiger charge is 2.10. The molecule has 1 aromatic heterocycles. The number of rotatable bonds is 3. The molecule has 0 amide bonds. The second-order valence-corrected chi connectivity index (χ2v) is 4.48. The quantitative estimate of drug-likeness (QED) is 0.748. The minimum Gasteiger partial charge on any atom is -0.369 e. The summed E-state index contributed by atoms with van der Waals surface area (Å²) in [6.07, 6.45) is 0.801. The summed E-state index contributed by atoms with van der Waals surface area (Å²) in [6, 6.07) is 20.4. The minimum atomic E-state index is 0.463. The lowest BCUT2D eigenvalue weighted by Gasteiger charge is -2.03. The predicted octanol–water partition coefficient (Wildman–Crippen LogP) is 3.25. The van der Waals surface area contributed by atoms with E-state index in [1.165, 1.54) is 5.56 Å². The van der Waals surface area contributed by atoms with E-state index < -0.39 is 0 Å². The van der Waals surface area contributed by atoms with Gasteiger partial charge in [0.05, 0.1) is 5.69 Å². The summed E-state index contributed by atoms with van der Waals surface area (Å²) in [7, 11) is 0. The van der Waals surface area contributed by atoms with Crippen molar-refractivity contribution in [2.45, 2.75) is 6.42 Å². The Bertz CT molecular complexity index is 657. The van der Waals surface area contributed by atoms with E-state index >= 15 is 0 Å². The van der Waals surface area contributed by atoms with Gasteiger partial charge in [0.15, 0.2) is 5.95 Å². The van der Waals surface area contributed by atoms with Crippen LogP contribution in [0.25, 0.3) is 11.3 Å². The summed E-state index contributed by atoms with van der Waals surface area (Å²) < 4.78 is 0. The van der Waals surface area contributed by atoms with Crippen molar-refractivity contribution in [2.24, 2.45) is 0 Å². The zero-order valence-corrected chi connectivity index (χ0v) is 10.5. The van der Waals surface area contributed by atoms with E-state index in [1.54, 1.807) is 0 Å². The molecule has 0 aliphatic heterocycles. The molecular formula is C16H15N3. The van der Waals surface area contributed by atoms with Gasteiger partial charge in [-0.2, -0.15) is 0 Å². The Morgan fingerprint density at radius 2 is 1.53 bits per heavy atom. The number of hydrogen-bond acceptors (Lipinski definition) is 2. The number of hydrogen-bond donors (Lipinski definition) is 2. The normalized spacial score (nSPS) is 10.5. The molecule has 3 aromatic rings. The van der Waals surface area contributed by atoms with E-state index in [9.17, 15) is 0 Å². The van der Waals surface area contributed by atoms with Gasteiger partial charge in [0.1, 0.15) is 0 Å². The molecule has 0 aliphatic rings. The third kappa shape index (κ3) is 2.50. The molecule has 0 saturated heterocycles. The number of nitrogens with one attached hydrogen (secondary N) is 1. The second kappa shape index (κ2) is 4.98. The number of nitrogens with zero attached hydrogens (tertiary/aromatic N) is 1. The van der Waals surface area contributed by atoms with Crippen LogP contribution in [0.15, 0.2) is 60.7 Å². The van der Waals surface area contributed by atoms with Crippen molar-refractivity contribution in [3.63, 3.8) is 0 Å². The molecule has 2 aromatic carbocycles. The van der Waals surface area contributed by atoms with E-state index in [0.29, 0.717) is 5.95 Å². The van der Waals surface area contributed by atoms with Crippen molar-refractivity contribution in [1.29, 1.82) is 0 Å². The van der Waals surface area contributed by atoms with E-state index in [-0.39, 0.29) is 0 Å². The lowest BCUT2D eigenvalue weighted by atomic mass is 10.0. The fraction of sp³-hybridized carbons (Fsp3) is 0.0625. The molecule has 3 N–H and O–H groups in total. The standard InChI is InChI=1S/C16H15N3/c17-16-18-14(11-12-7-3-1-4-8-12)15(19-16)13-9-5-2-6-10-13/h1-10H,11H2,(H3,17,18,19). The van der Waals surface area contributed by atoms with E-state index in [1.807, 2.05) is 48.5 Å². The predicted molar refractivity (Wildman–Crippen MR) is 77.7 cm³/mol. The number of aromatic nitrogens is 2. The monoisotopic (exact) mass is 249 g/mol. The fourth-order valence-corrected chi connectivity index (χ4v) is 2.19. The number of nitrogens with two attached hydrogens (primary N) is 1. The van der Waals surface area contributed by atoms with E-state index in [0.717, 1.165) is 23.4 Å². The average molecular weight is 249 g/mol. The summed E-state index contributed by atoms with van der Waals surface area (Å²) in [5.41, 5.74) is 10.1. The van der Waals surface area contributed by atoms with Gasteiger partial charge in [-0.1, -0.05) is 60.7 Å². The fourth-order valence-electron chi connectivity index (χ4n) is 2.19. The van der Waals surface area contributed by atoms with Gasteiger partial charge in [-0.05, 0) is 5.56 Å². The Kier molecular flexibility index (Phi) is 3.02. The maximum Gasteiger partial charge on any atom is 0.198 e. The smallest absolute Gasteiger partial charge is 0.198 e. The van der Waals surface area contributed by atoms with Crippen molar-refractivity contribution < 1.29 is 0 Å². The van der Waals surface area contributed by atoms with Crippen LogP contribution in [-0.2, 0) is 6.42 Å². The average Bonchev–Trinajstić information content (AvgIpc) is 2.82. The van der Waals surface area contributed by atoms with Crippen LogP contribution in [0.5, 0.6) is 0 Å². The van der Waals surface area contributed by atoms with Crippen molar-refractivity contribution >= 4 is 5.95 Å². The molecule has 3 nitrogen and oxygen atoms in total. The zero-order valence-electron chi connectivity index (χ0n) is 10.5. The third-order valence-electron chi connectivity index (χ3n) is 3.07. The van der Waals surface area contributed by atoms with E-state index in [4.69, 9.17) is 5.73 Å². The molecule has 94 valence electrons. The molecule has 1 heterocycles. The van der Waals surface area contributed by atoms with Crippen LogP contribution in [0.3, 0.4) is 0 Å². The maximum absolute atomic E-state index is 5.80. The van der Waals surface area contributed by atoms with Crippen LogP contribution in [-0.4, -0.2) is 9.97 Å². The number of imidazole rings is 1. The van der Waals surface area contributed by atoms with Crippen LogP contribution in [0, 0.1) is 0 Å². The number of nitrogen functional groups attached to an aromatic ring is 1. The maximum atomic E-state index is 5.80. The molecule has 0 unspecified atom stereocenters. The Hall–Kier alpha value is -2.55. The highest BCUT2D eigenvalue weighted by atomic mass is 15.0. The lowest BCUT2D eigenvalue weighted by molar-refractivity contribution is 1.11. The van der Waals surface area contributed by atoms with Crippen LogP contribution < -0.4 is 5.73 Å². The van der Waals surface area contributed by atoms with Crippen LogP contribution >= 0.6 is 0 Å². The first-order valence-electron chi connectivity index (χ1n) is 6.26. The molecule has 0 atom stereocenters. The molecular weight excluding hydrogens is 234 g/mol. The van der Waals surface area contributed by atoms with Gasteiger partial charge in [0.2, 0.25) is 0 Å². The molecule has 0 bridgehead atoms. The van der Waals surface area contributed by atoms with Gasteiger partial charge in [-0.3, -0.25) is 0 Å².